The zero-order valence-corrected chi connectivity index (χ0v) is 20.8. The second-order valence-corrected chi connectivity index (χ2v) is 10.2. The fraction of sp³-hybridized carbons (Fsp3) is 0.333. The van der Waals surface area contributed by atoms with Crippen LogP contribution >= 0.6 is 27.5 Å². The van der Waals surface area contributed by atoms with Crippen LogP contribution in [0.1, 0.15) is 55.6 Å². The van der Waals surface area contributed by atoms with Crippen molar-refractivity contribution in [2.75, 3.05) is 7.05 Å². The highest BCUT2D eigenvalue weighted by Gasteiger charge is 2.43. The van der Waals surface area contributed by atoms with Gasteiger partial charge in [0, 0.05) is 63.4 Å². The number of ether oxygens (including phenoxy) is 1. The van der Waals surface area contributed by atoms with Gasteiger partial charge in [0.05, 0.1) is 0 Å². The topological polar surface area (TPSA) is 46.6 Å². The van der Waals surface area contributed by atoms with Gasteiger partial charge in [0.15, 0.2) is 11.6 Å². The van der Waals surface area contributed by atoms with Crippen molar-refractivity contribution in [3.63, 3.8) is 0 Å². The molecule has 170 valence electrons. The Morgan fingerprint density at radius 3 is 2.15 bits per heavy atom. The smallest absolute Gasteiger partial charge is 0.161 e. The summed E-state index contributed by atoms with van der Waals surface area (Å²) in [6.45, 7) is 0.373. The van der Waals surface area contributed by atoms with Gasteiger partial charge in [0.1, 0.15) is 12.4 Å². The number of nitrogens with zero attached hydrogens (tertiary/aromatic N) is 1. The Kier molecular flexibility index (Phi) is 6.19. The molecule has 4 nitrogen and oxygen atoms in total. The summed E-state index contributed by atoms with van der Waals surface area (Å²) in [4.78, 5) is 28.7. The molecule has 2 aromatic rings. The number of hydrogen-bond acceptors (Lipinski definition) is 4. The summed E-state index contributed by atoms with van der Waals surface area (Å²) in [5.74, 6) is 0.589. The van der Waals surface area contributed by atoms with Crippen LogP contribution in [0.5, 0.6) is 5.75 Å². The van der Waals surface area contributed by atoms with E-state index in [2.05, 4.69) is 20.8 Å². The van der Waals surface area contributed by atoms with E-state index in [1.165, 1.54) is 0 Å². The van der Waals surface area contributed by atoms with Gasteiger partial charge in [-0.1, -0.05) is 39.7 Å². The van der Waals surface area contributed by atoms with Crippen molar-refractivity contribution < 1.29 is 14.3 Å². The Morgan fingerprint density at radius 2 is 1.55 bits per heavy atom. The molecule has 0 saturated heterocycles. The molecule has 0 atom stereocenters. The summed E-state index contributed by atoms with van der Waals surface area (Å²) in [5, 5.41) is 0.681. The largest absolute Gasteiger partial charge is 0.489 e. The first-order valence-electron chi connectivity index (χ1n) is 11.4. The normalized spacial score (nSPS) is 19.1. The van der Waals surface area contributed by atoms with Crippen molar-refractivity contribution in [1.29, 1.82) is 0 Å². The average Bonchev–Trinajstić information content (AvgIpc) is 2.81. The van der Waals surface area contributed by atoms with E-state index in [0.29, 0.717) is 30.2 Å². The molecular weight excluding hydrogens is 502 g/mol. The molecule has 0 fully saturated rings. The minimum absolute atomic E-state index is 0.140. The van der Waals surface area contributed by atoms with E-state index >= 15 is 0 Å². The predicted octanol–water partition coefficient (Wildman–Crippen LogP) is 6.72. The van der Waals surface area contributed by atoms with Gasteiger partial charge < -0.3 is 9.64 Å². The lowest BCUT2D eigenvalue weighted by Gasteiger charge is -2.42. The second kappa shape index (κ2) is 9.11. The molecule has 2 aromatic carbocycles. The molecule has 6 heteroatoms. The van der Waals surface area contributed by atoms with Crippen LogP contribution in [0, 0.1) is 0 Å². The van der Waals surface area contributed by atoms with Gasteiger partial charge in [-0.2, -0.15) is 0 Å². The summed E-state index contributed by atoms with van der Waals surface area (Å²) in [5.41, 5.74) is 5.54. The molecule has 5 rings (SSSR count). The number of benzene rings is 2. The van der Waals surface area contributed by atoms with Crippen LogP contribution in [-0.2, 0) is 16.2 Å². The zero-order chi connectivity index (χ0) is 23.1. The SMILES string of the molecule is CN1C2=C(C(=O)CCC2)C(c2cc(Br)ccc2OCc2ccc(Cl)cc2)C2=C1CCCC2=O. The first-order valence-corrected chi connectivity index (χ1v) is 12.5. The third-order valence-electron chi connectivity index (χ3n) is 6.83. The number of carbonyl (C=O) groups excluding carboxylic acids is 2. The van der Waals surface area contributed by atoms with Gasteiger partial charge >= 0.3 is 0 Å². The van der Waals surface area contributed by atoms with Crippen molar-refractivity contribution in [1.82, 2.24) is 4.90 Å². The minimum atomic E-state index is -0.385. The monoisotopic (exact) mass is 525 g/mol. The second-order valence-electron chi connectivity index (χ2n) is 8.86. The zero-order valence-electron chi connectivity index (χ0n) is 18.5. The predicted molar refractivity (Wildman–Crippen MR) is 132 cm³/mol. The third-order valence-corrected chi connectivity index (χ3v) is 7.58. The highest BCUT2D eigenvalue weighted by atomic mass is 79.9. The molecule has 0 N–H and O–H groups in total. The number of ketones is 2. The number of rotatable bonds is 4. The number of halogens is 2. The lowest BCUT2D eigenvalue weighted by atomic mass is 9.71. The van der Waals surface area contributed by atoms with Gasteiger partial charge in [0.2, 0.25) is 0 Å². The number of allylic oxidation sites excluding steroid dienone is 4. The Bertz CT molecular complexity index is 1150. The van der Waals surface area contributed by atoms with Crippen molar-refractivity contribution in [2.24, 2.45) is 0 Å². The molecule has 0 aromatic heterocycles. The summed E-state index contributed by atoms with van der Waals surface area (Å²) in [6.07, 6.45) is 4.46. The van der Waals surface area contributed by atoms with Crippen LogP contribution in [0.2, 0.25) is 5.02 Å². The van der Waals surface area contributed by atoms with Crippen LogP contribution in [0.15, 0.2) is 69.5 Å². The Balaban J connectivity index is 1.62. The molecule has 0 amide bonds. The van der Waals surface area contributed by atoms with Crippen molar-refractivity contribution in [3.8, 4) is 5.75 Å². The van der Waals surface area contributed by atoms with E-state index in [1.54, 1.807) is 0 Å². The highest BCUT2D eigenvalue weighted by Crippen LogP contribution is 2.50. The Labute approximate surface area is 207 Å². The molecule has 1 heterocycles. The van der Waals surface area contributed by atoms with Crippen LogP contribution in [0.25, 0.3) is 0 Å². The summed E-state index contributed by atoms with van der Waals surface area (Å²) in [7, 11) is 2.01. The van der Waals surface area contributed by atoms with Gasteiger partial charge in [-0.15, -0.1) is 0 Å². The molecule has 0 spiro atoms. The first-order chi connectivity index (χ1) is 15.9. The van der Waals surface area contributed by atoms with Crippen molar-refractivity contribution >= 4 is 39.1 Å². The van der Waals surface area contributed by atoms with E-state index in [1.807, 2.05) is 49.5 Å². The maximum atomic E-state index is 13.3. The quantitative estimate of drug-likeness (QED) is 0.443. The van der Waals surface area contributed by atoms with E-state index in [0.717, 1.165) is 63.8 Å². The van der Waals surface area contributed by atoms with Crippen LogP contribution in [0.3, 0.4) is 0 Å². The van der Waals surface area contributed by atoms with E-state index in [4.69, 9.17) is 16.3 Å². The summed E-state index contributed by atoms with van der Waals surface area (Å²) >= 11 is 9.62. The van der Waals surface area contributed by atoms with E-state index in [-0.39, 0.29) is 17.5 Å². The highest BCUT2D eigenvalue weighted by molar-refractivity contribution is 9.10. The van der Waals surface area contributed by atoms with Gasteiger partial charge in [-0.3, -0.25) is 9.59 Å². The molecule has 0 unspecified atom stereocenters. The maximum Gasteiger partial charge on any atom is 0.161 e. The van der Waals surface area contributed by atoms with Gasteiger partial charge in [0.25, 0.3) is 0 Å². The molecule has 0 bridgehead atoms. The standard InChI is InChI=1S/C27H25BrClNO3/c1-30-20-4-2-6-22(31)26(20)25(27-21(30)5-3-7-23(27)32)19-14-17(28)10-13-24(19)33-15-16-8-11-18(29)12-9-16/h8-14,25H,2-7,15H2,1H3. The lowest BCUT2D eigenvalue weighted by molar-refractivity contribution is -0.117. The van der Waals surface area contributed by atoms with E-state index < -0.39 is 0 Å². The van der Waals surface area contributed by atoms with Crippen molar-refractivity contribution in [2.45, 2.75) is 51.0 Å². The lowest BCUT2D eigenvalue weighted by Crippen LogP contribution is -2.37. The number of Topliss-reactive ketones (excluding diaryl/α,β-unsaturated/α-hetero) is 2. The number of carbonyl (C=O) groups is 2. The fourth-order valence-electron chi connectivity index (χ4n) is 5.28. The molecule has 2 aliphatic carbocycles. The molecular formula is C27H25BrClNO3. The molecule has 0 saturated carbocycles. The molecule has 0 radical (unpaired) electrons. The molecule has 1 aliphatic heterocycles. The van der Waals surface area contributed by atoms with Crippen LogP contribution in [-0.4, -0.2) is 23.5 Å². The van der Waals surface area contributed by atoms with E-state index in [9.17, 15) is 9.59 Å². The van der Waals surface area contributed by atoms with Gasteiger partial charge in [-0.25, -0.2) is 0 Å². The van der Waals surface area contributed by atoms with Crippen LogP contribution < -0.4 is 4.74 Å². The molecule has 33 heavy (non-hydrogen) atoms. The summed E-state index contributed by atoms with van der Waals surface area (Å²) in [6, 6.07) is 13.4. The number of hydrogen-bond donors (Lipinski definition) is 0. The minimum Gasteiger partial charge on any atom is -0.489 e. The summed E-state index contributed by atoms with van der Waals surface area (Å²) < 4.78 is 7.18. The fourth-order valence-corrected chi connectivity index (χ4v) is 5.79. The molecule has 3 aliphatic rings. The first kappa shape index (κ1) is 22.4. The third kappa shape index (κ3) is 4.17. The average molecular weight is 527 g/mol. The Hall–Kier alpha value is -2.37. The van der Waals surface area contributed by atoms with Crippen LogP contribution in [0.4, 0.5) is 0 Å². The Morgan fingerprint density at radius 1 is 0.939 bits per heavy atom. The van der Waals surface area contributed by atoms with Gasteiger partial charge in [-0.05, 0) is 61.6 Å². The van der Waals surface area contributed by atoms with Crippen molar-refractivity contribution in [3.05, 3.63) is 85.6 Å². The maximum absolute atomic E-state index is 13.3.